The predicted molar refractivity (Wildman–Crippen MR) is 116 cm³/mol. The lowest BCUT2D eigenvalue weighted by atomic mass is 10.1. The van der Waals surface area contributed by atoms with Crippen molar-refractivity contribution >= 4 is 44.9 Å². The van der Waals surface area contributed by atoms with Crippen LogP contribution in [0.3, 0.4) is 0 Å². The Balaban J connectivity index is 2.15. The van der Waals surface area contributed by atoms with Gasteiger partial charge in [0.15, 0.2) is 5.69 Å². The summed E-state index contributed by atoms with van der Waals surface area (Å²) >= 11 is 12.1. The number of sulfonamides is 1. The number of nitrogens with two attached hydrogens (primary N) is 1. The molecule has 3 N–H and O–H groups in total. The molecule has 0 aliphatic carbocycles. The molecule has 0 spiro atoms. The molecule has 1 heterocycles. The zero-order chi connectivity index (χ0) is 22.1. The van der Waals surface area contributed by atoms with Gasteiger partial charge in [0.2, 0.25) is 10.0 Å². The van der Waals surface area contributed by atoms with Crippen LogP contribution in [0.5, 0.6) is 0 Å². The van der Waals surface area contributed by atoms with Gasteiger partial charge in [0, 0.05) is 16.1 Å². The first-order valence-corrected chi connectivity index (χ1v) is 10.9. The molecule has 0 aliphatic heterocycles. The van der Waals surface area contributed by atoms with Crippen LogP contribution in [-0.4, -0.2) is 40.8 Å². The molecule has 1 aromatic heterocycles. The van der Waals surface area contributed by atoms with Crippen molar-refractivity contribution in [2.75, 3.05) is 5.75 Å². The van der Waals surface area contributed by atoms with Gasteiger partial charge in [-0.3, -0.25) is 0 Å². The summed E-state index contributed by atoms with van der Waals surface area (Å²) in [5, 5.41) is 23.5. The molecule has 0 fully saturated rings. The summed E-state index contributed by atoms with van der Waals surface area (Å²) in [6, 6.07) is 11.6. The summed E-state index contributed by atoms with van der Waals surface area (Å²) in [5.41, 5.74) is 1.87. The topological polar surface area (TPSA) is 128 Å². The van der Waals surface area contributed by atoms with Crippen LogP contribution in [0.4, 0.5) is 0 Å². The number of hydrogen-bond acceptors (Lipinski definition) is 5. The lowest BCUT2D eigenvalue weighted by Crippen LogP contribution is -2.24. The van der Waals surface area contributed by atoms with Crippen molar-refractivity contribution in [3.8, 4) is 11.1 Å². The maximum Gasteiger partial charge on any atom is 0.357 e. The molecule has 30 heavy (non-hydrogen) atoms. The third-order valence-corrected chi connectivity index (χ3v) is 5.30. The Hall–Kier alpha value is -2.72. The summed E-state index contributed by atoms with van der Waals surface area (Å²) in [5.74, 6) is -1.86. The van der Waals surface area contributed by atoms with E-state index in [1.54, 1.807) is 36.4 Å². The molecule has 0 radical (unpaired) electrons. The number of aromatic nitrogens is 2. The Kier molecular flexibility index (Phi) is 6.27. The number of nitrogens with zero attached hydrogens (tertiary/aromatic N) is 3. The van der Waals surface area contributed by atoms with Crippen molar-refractivity contribution in [1.82, 2.24) is 9.89 Å². The van der Waals surface area contributed by atoms with Gasteiger partial charge in [-0.25, -0.2) is 18.4 Å². The smallest absolute Gasteiger partial charge is 0.357 e. The first-order valence-electron chi connectivity index (χ1n) is 8.47. The van der Waals surface area contributed by atoms with Crippen LogP contribution < -0.4 is 5.14 Å². The molecule has 2 aromatic carbocycles. The van der Waals surface area contributed by atoms with E-state index in [2.05, 4.69) is 10.2 Å². The number of rotatable bonds is 6. The predicted octanol–water partition coefficient (Wildman–Crippen LogP) is 3.40. The van der Waals surface area contributed by atoms with Crippen molar-refractivity contribution in [3.63, 3.8) is 0 Å². The Morgan fingerprint density at radius 1 is 1.17 bits per heavy atom. The zero-order valence-corrected chi connectivity index (χ0v) is 17.9. The maximum absolute atomic E-state index is 11.7. The lowest BCUT2D eigenvalue weighted by Gasteiger charge is -2.06. The van der Waals surface area contributed by atoms with Crippen LogP contribution in [0.25, 0.3) is 11.1 Å². The highest BCUT2D eigenvalue weighted by Crippen LogP contribution is 2.32. The van der Waals surface area contributed by atoms with E-state index in [1.165, 1.54) is 12.3 Å². The fourth-order valence-corrected chi connectivity index (χ4v) is 3.82. The number of benzene rings is 2. The second-order valence-electron chi connectivity index (χ2n) is 6.46. The minimum absolute atomic E-state index is 0.102. The summed E-state index contributed by atoms with van der Waals surface area (Å²) in [6.45, 7) is 1.88. The number of carboxylic acids is 1. The highest BCUT2D eigenvalue weighted by molar-refractivity contribution is 7.89. The largest absolute Gasteiger partial charge is 0.476 e. The minimum Gasteiger partial charge on any atom is -0.476 e. The summed E-state index contributed by atoms with van der Waals surface area (Å²) in [7, 11) is -3.91. The average molecular weight is 467 g/mol. The molecule has 156 valence electrons. The van der Waals surface area contributed by atoms with Crippen molar-refractivity contribution < 1.29 is 18.3 Å². The number of primary sulfonamides is 1. The highest BCUT2D eigenvalue weighted by atomic mass is 35.5. The Morgan fingerprint density at radius 3 is 2.40 bits per heavy atom. The summed E-state index contributed by atoms with van der Waals surface area (Å²) in [6.07, 6.45) is 1.34. The molecular weight excluding hydrogens is 451 g/mol. The van der Waals surface area contributed by atoms with Gasteiger partial charge in [0.1, 0.15) is 5.75 Å². The van der Waals surface area contributed by atoms with Gasteiger partial charge in [-0.05, 0) is 24.6 Å². The SMILES string of the molecule is Cc1ccc(C(CS(N)(=O)=O)=Nn2cc(-c3ccc(Cl)cc3Cl)c(C(=O)O)n2)cc1. The lowest BCUT2D eigenvalue weighted by molar-refractivity contribution is 0.0690. The molecular formula is C19H16Cl2N4O4S. The third kappa shape index (κ3) is 5.25. The molecule has 8 nitrogen and oxygen atoms in total. The van der Waals surface area contributed by atoms with Gasteiger partial charge in [0.05, 0.1) is 16.9 Å². The van der Waals surface area contributed by atoms with E-state index < -0.39 is 21.7 Å². The number of aromatic carboxylic acids is 1. The van der Waals surface area contributed by atoms with Gasteiger partial charge in [-0.15, -0.1) is 5.10 Å². The number of hydrogen-bond donors (Lipinski definition) is 2. The van der Waals surface area contributed by atoms with Crippen molar-refractivity contribution in [2.24, 2.45) is 10.2 Å². The second-order valence-corrected chi connectivity index (χ2v) is 8.92. The normalized spacial score (nSPS) is 12.2. The van der Waals surface area contributed by atoms with Crippen LogP contribution in [0, 0.1) is 6.92 Å². The molecule has 3 rings (SSSR count). The van der Waals surface area contributed by atoms with Crippen LogP contribution in [-0.2, 0) is 10.0 Å². The van der Waals surface area contributed by atoms with E-state index in [1.807, 2.05) is 6.92 Å². The quantitative estimate of drug-likeness (QED) is 0.537. The number of aryl methyl sites for hydroxylation is 1. The number of carbonyl (C=O) groups is 1. The fourth-order valence-electron chi connectivity index (χ4n) is 2.71. The monoisotopic (exact) mass is 466 g/mol. The van der Waals surface area contributed by atoms with Gasteiger partial charge >= 0.3 is 5.97 Å². The van der Waals surface area contributed by atoms with Crippen molar-refractivity contribution in [1.29, 1.82) is 0 Å². The molecule has 0 atom stereocenters. The van der Waals surface area contributed by atoms with E-state index >= 15 is 0 Å². The molecule has 3 aromatic rings. The van der Waals surface area contributed by atoms with E-state index in [0.29, 0.717) is 16.1 Å². The van der Waals surface area contributed by atoms with Gasteiger partial charge < -0.3 is 5.11 Å². The first kappa shape index (κ1) is 22.0. The van der Waals surface area contributed by atoms with Crippen molar-refractivity contribution in [3.05, 3.63) is 75.5 Å². The molecule has 0 unspecified atom stereocenters. The van der Waals surface area contributed by atoms with Gasteiger partial charge in [-0.1, -0.05) is 59.1 Å². The van der Waals surface area contributed by atoms with Crippen LogP contribution in [0.1, 0.15) is 21.6 Å². The Bertz CT molecular complexity index is 1250. The molecule has 0 aliphatic rings. The standard InChI is InChI=1S/C19H16Cl2N4O4S/c1-11-2-4-12(5-3-11)17(10-30(22,28)29)23-25-9-15(18(24-25)19(26)27)14-7-6-13(20)8-16(14)21/h2-9H,10H2,1H3,(H,26,27)(H2,22,28,29). The van der Waals surface area contributed by atoms with E-state index in [9.17, 15) is 18.3 Å². The Labute approximate surface area is 182 Å². The fraction of sp³-hybridized carbons (Fsp3) is 0.105. The molecule has 0 amide bonds. The Morgan fingerprint density at radius 2 is 1.83 bits per heavy atom. The van der Waals surface area contributed by atoms with Crippen LogP contribution in [0.15, 0.2) is 53.8 Å². The zero-order valence-electron chi connectivity index (χ0n) is 15.6. The van der Waals surface area contributed by atoms with Gasteiger partial charge in [-0.2, -0.15) is 9.89 Å². The van der Waals surface area contributed by atoms with E-state index in [0.717, 1.165) is 10.4 Å². The van der Waals surface area contributed by atoms with E-state index in [-0.39, 0.29) is 22.0 Å². The molecule has 0 bridgehead atoms. The maximum atomic E-state index is 11.7. The summed E-state index contributed by atoms with van der Waals surface area (Å²) in [4.78, 5) is 12.7. The minimum atomic E-state index is -3.91. The first-order chi connectivity index (χ1) is 14.0. The van der Waals surface area contributed by atoms with E-state index in [4.69, 9.17) is 28.3 Å². The number of carboxylic acid groups (broad SMARTS) is 1. The third-order valence-electron chi connectivity index (χ3n) is 4.07. The summed E-state index contributed by atoms with van der Waals surface area (Å²) < 4.78 is 23.4. The van der Waals surface area contributed by atoms with Crippen LogP contribution >= 0.6 is 23.2 Å². The molecule has 0 saturated heterocycles. The molecule has 11 heteroatoms. The van der Waals surface area contributed by atoms with Crippen molar-refractivity contribution in [2.45, 2.75) is 6.92 Å². The molecule has 0 saturated carbocycles. The van der Waals surface area contributed by atoms with Crippen LogP contribution in [0.2, 0.25) is 10.0 Å². The average Bonchev–Trinajstić information content (AvgIpc) is 3.04. The number of halogens is 2. The second kappa shape index (κ2) is 8.57. The highest BCUT2D eigenvalue weighted by Gasteiger charge is 2.20. The van der Waals surface area contributed by atoms with Gasteiger partial charge in [0.25, 0.3) is 0 Å².